The first-order valence-corrected chi connectivity index (χ1v) is 6.54. The van der Waals surface area contributed by atoms with Gasteiger partial charge in [0.05, 0.1) is 13.7 Å². The Morgan fingerprint density at radius 3 is 3.00 bits per heavy atom. The van der Waals surface area contributed by atoms with Crippen molar-refractivity contribution < 1.29 is 14.3 Å². The standard InChI is InChI=1S/C15H20O3/c1-3-18-15(16)8-7-12-10-14(12)11-5-4-6-13(9-11)17-2/h4-6,9,12,14H,3,7-8,10H2,1-2H3. The van der Waals surface area contributed by atoms with Crippen molar-refractivity contribution in [3.63, 3.8) is 0 Å². The van der Waals surface area contributed by atoms with Crippen molar-refractivity contribution in [3.8, 4) is 5.75 Å². The summed E-state index contributed by atoms with van der Waals surface area (Å²) in [7, 11) is 1.68. The van der Waals surface area contributed by atoms with Crippen LogP contribution in [0.25, 0.3) is 0 Å². The zero-order valence-corrected chi connectivity index (χ0v) is 11.0. The number of hydrogen-bond acceptors (Lipinski definition) is 3. The number of esters is 1. The number of ether oxygens (including phenoxy) is 2. The molecule has 18 heavy (non-hydrogen) atoms. The van der Waals surface area contributed by atoms with Gasteiger partial charge in [-0.05, 0) is 49.3 Å². The molecule has 0 heterocycles. The van der Waals surface area contributed by atoms with E-state index in [0.29, 0.717) is 24.9 Å². The Morgan fingerprint density at radius 2 is 2.28 bits per heavy atom. The van der Waals surface area contributed by atoms with Crippen LogP contribution in [-0.4, -0.2) is 19.7 Å². The molecule has 0 aliphatic heterocycles. The molecule has 0 bridgehead atoms. The normalized spacial score (nSPS) is 21.4. The fraction of sp³-hybridized carbons (Fsp3) is 0.533. The van der Waals surface area contributed by atoms with E-state index in [0.717, 1.165) is 12.2 Å². The molecule has 1 aromatic rings. The SMILES string of the molecule is CCOC(=O)CCC1CC1c1cccc(OC)c1. The minimum atomic E-state index is -0.0752. The molecule has 1 aliphatic carbocycles. The predicted octanol–water partition coefficient (Wildman–Crippen LogP) is 3.14. The first kappa shape index (κ1) is 12.9. The van der Waals surface area contributed by atoms with Crippen LogP contribution in [0, 0.1) is 5.92 Å². The van der Waals surface area contributed by atoms with Crippen LogP contribution in [0.15, 0.2) is 24.3 Å². The number of carbonyl (C=O) groups is 1. The van der Waals surface area contributed by atoms with E-state index in [2.05, 4.69) is 12.1 Å². The summed E-state index contributed by atoms with van der Waals surface area (Å²) >= 11 is 0. The fourth-order valence-electron chi connectivity index (χ4n) is 2.38. The lowest BCUT2D eigenvalue weighted by molar-refractivity contribution is -0.143. The number of rotatable bonds is 6. The van der Waals surface area contributed by atoms with Gasteiger partial charge >= 0.3 is 5.97 Å². The first-order valence-electron chi connectivity index (χ1n) is 6.54. The number of benzene rings is 1. The van der Waals surface area contributed by atoms with Gasteiger partial charge in [0.2, 0.25) is 0 Å². The summed E-state index contributed by atoms with van der Waals surface area (Å²) in [4.78, 5) is 11.3. The Bertz CT molecular complexity index is 414. The van der Waals surface area contributed by atoms with Crippen molar-refractivity contribution in [3.05, 3.63) is 29.8 Å². The van der Waals surface area contributed by atoms with Crippen molar-refractivity contribution in [1.29, 1.82) is 0 Å². The summed E-state index contributed by atoms with van der Waals surface area (Å²) in [6.07, 6.45) is 2.65. The molecule has 3 nitrogen and oxygen atoms in total. The molecule has 0 amide bonds. The second-order valence-electron chi connectivity index (χ2n) is 4.72. The van der Waals surface area contributed by atoms with Crippen molar-refractivity contribution >= 4 is 5.97 Å². The van der Waals surface area contributed by atoms with E-state index < -0.39 is 0 Å². The molecule has 1 saturated carbocycles. The molecule has 0 aromatic heterocycles. The van der Waals surface area contributed by atoms with Gasteiger partial charge in [0.1, 0.15) is 5.75 Å². The van der Waals surface area contributed by atoms with Crippen LogP contribution in [0.1, 0.15) is 37.7 Å². The molecule has 98 valence electrons. The van der Waals surface area contributed by atoms with Crippen molar-refractivity contribution in [2.24, 2.45) is 5.92 Å². The van der Waals surface area contributed by atoms with Crippen LogP contribution < -0.4 is 4.74 Å². The molecular weight excluding hydrogens is 228 g/mol. The van der Waals surface area contributed by atoms with Gasteiger partial charge in [0.25, 0.3) is 0 Å². The average Bonchev–Trinajstić information content (AvgIpc) is 3.16. The largest absolute Gasteiger partial charge is 0.497 e. The van der Waals surface area contributed by atoms with Crippen molar-refractivity contribution in [2.45, 2.75) is 32.1 Å². The second-order valence-corrected chi connectivity index (χ2v) is 4.72. The molecular formula is C15H20O3. The van der Waals surface area contributed by atoms with Gasteiger partial charge < -0.3 is 9.47 Å². The molecule has 1 fully saturated rings. The van der Waals surface area contributed by atoms with Crippen LogP contribution in [0.4, 0.5) is 0 Å². The Balaban J connectivity index is 1.81. The van der Waals surface area contributed by atoms with Gasteiger partial charge in [-0.3, -0.25) is 4.79 Å². The predicted molar refractivity (Wildman–Crippen MR) is 69.7 cm³/mol. The summed E-state index contributed by atoms with van der Waals surface area (Å²) in [6.45, 7) is 2.32. The summed E-state index contributed by atoms with van der Waals surface area (Å²) < 4.78 is 10.2. The maximum Gasteiger partial charge on any atom is 0.305 e. The lowest BCUT2D eigenvalue weighted by atomic mass is 10.1. The van der Waals surface area contributed by atoms with E-state index in [1.54, 1.807) is 7.11 Å². The Morgan fingerprint density at radius 1 is 1.44 bits per heavy atom. The lowest BCUT2D eigenvalue weighted by Gasteiger charge is -2.04. The van der Waals surface area contributed by atoms with E-state index >= 15 is 0 Å². The van der Waals surface area contributed by atoms with Crippen molar-refractivity contribution in [2.75, 3.05) is 13.7 Å². The molecule has 0 saturated heterocycles. The molecule has 1 aromatic carbocycles. The van der Waals surface area contributed by atoms with E-state index in [1.807, 2.05) is 19.1 Å². The highest BCUT2D eigenvalue weighted by molar-refractivity contribution is 5.69. The average molecular weight is 248 g/mol. The molecule has 2 unspecified atom stereocenters. The lowest BCUT2D eigenvalue weighted by Crippen LogP contribution is -2.03. The Kier molecular flexibility index (Phi) is 4.24. The van der Waals surface area contributed by atoms with Gasteiger partial charge in [-0.1, -0.05) is 12.1 Å². The fourth-order valence-corrected chi connectivity index (χ4v) is 2.38. The van der Waals surface area contributed by atoms with Crippen LogP contribution in [-0.2, 0) is 9.53 Å². The van der Waals surface area contributed by atoms with Gasteiger partial charge in [-0.25, -0.2) is 0 Å². The summed E-state index contributed by atoms with van der Waals surface area (Å²) in [5.74, 6) is 2.05. The Labute approximate surface area is 108 Å². The van der Waals surface area contributed by atoms with Crippen LogP contribution in [0.5, 0.6) is 5.75 Å². The van der Waals surface area contributed by atoms with Crippen LogP contribution in [0.3, 0.4) is 0 Å². The summed E-state index contributed by atoms with van der Waals surface area (Å²) in [5, 5.41) is 0. The third-order valence-corrected chi connectivity index (χ3v) is 3.47. The zero-order valence-electron chi connectivity index (χ0n) is 11.0. The van der Waals surface area contributed by atoms with E-state index in [9.17, 15) is 4.79 Å². The molecule has 2 atom stereocenters. The van der Waals surface area contributed by atoms with Crippen LogP contribution in [0.2, 0.25) is 0 Å². The maximum atomic E-state index is 11.3. The Hall–Kier alpha value is -1.51. The van der Waals surface area contributed by atoms with Gasteiger partial charge in [0.15, 0.2) is 0 Å². The highest BCUT2D eigenvalue weighted by Gasteiger charge is 2.38. The number of hydrogen-bond donors (Lipinski definition) is 0. The monoisotopic (exact) mass is 248 g/mol. The topological polar surface area (TPSA) is 35.5 Å². The molecule has 2 rings (SSSR count). The van der Waals surface area contributed by atoms with Crippen LogP contribution >= 0.6 is 0 Å². The minimum absolute atomic E-state index is 0.0752. The smallest absolute Gasteiger partial charge is 0.305 e. The highest BCUT2D eigenvalue weighted by Crippen LogP contribution is 2.50. The highest BCUT2D eigenvalue weighted by atomic mass is 16.5. The van der Waals surface area contributed by atoms with Gasteiger partial charge in [-0.15, -0.1) is 0 Å². The van der Waals surface area contributed by atoms with E-state index in [4.69, 9.17) is 9.47 Å². The second kappa shape index (κ2) is 5.89. The van der Waals surface area contributed by atoms with Gasteiger partial charge in [-0.2, -0.15) is 0 Å². The number of carbonyl (C=O) groups excluding carboxylic acids is 1. The molecule has 0 radical (unpaired) electrons. The molecule has 1 aliphatic rings. The summed E-state index contributed by atoms with van der Waals surface area (Å²) in [5.41, 5.74) is 1.32. The third kappa shape index (κ3) is 3.25. The first-order chi connectivity index (χ1) is 8.74. The molecule has 3 heteroatoms. The van der Waals surface area contributed by atoms with E-state index in [-0.39, 0.29) is 5.97 Å². The van der Waals surface area contributed by atoms with Gasteiger partial charge in [0, 0.05) is 6.42 Å². The summed E-state index contributed by atoms with van der Waals surface area (Å²) in [6, 6.07) is 8.21. The minimum Gasteiger partial charge on any atom is -0.497 e. The van der Waals surface area contributed by atoms with E-state index in [1.165, 1.54) is 12.0 Å². The zero-order chi connectivity index (χ0) is 13.0. The quantitative estimate of drug-likeness (QED) is 0.725. The third-order valence-electron chi connectivity index (χ3n) is 3.47. The number of methoxy groups -OCH3 is 1. The maximum absolute atomic E-state index is 11.3. The molecule has 0 N–H and O–H groups in total. The van der Waals surface area contributed by atoms with Crippen molar-refractivity contribution in [1.82, 2.24) is 0 Å². The molecule has 0 spiro atoms.